The number of thiophene rings is 1. The van der Waals surface area contributed by atoms with E-state index in [9.17, 15) is 23.1 Å². The standard InChI is InChI=1S/C26H27ClN4O5S3/c1-17-24(33)23-26(34)29(13-15-39(35,36)22-9-5-14-37-22)11-12-31(23)25(28-17)19-7-4-10-30(19)21(32)16-38-20-8-3-2-6-18(20)27/h2-3,5-6,8-9,14,19,33H,1,4,7,10-13,15-16H2/t19-/m0/s1. The number of thioether (sulfide) groups is 1. The highest BCUT2D eigenvalue weighted by Crippen LogP contribution is 2.33. The lowest BCUT2D eigenvalue weighted by atomic mass is 10.1. The van der Waals surface area contributed by atoms with Gasteiger partial charge in [0.15, 0.2) is 21.3 Å². The highest BCUT2D eigenvalue weighted by molar-refractivity contribution is 8.00. The van der Waals surface area contributed by atoms with Crippen molar-refractivity contribution in [3.8, 4) is 0 Å². The first kappa shape index (κ1) is 27.8. The molecular formula is C26H27ClN4O5S3. The number of sulfone groups is 1. The first-order valence-electron chi connectivity index (χ1n) is 12.4. The van der Waals surface area contributed by atoms with Gasteiger partial charge in [0, 0.05) is 31.1 Å². The van der Waals surface area contributed by atoms with Crippen LogP contribution in [0.4, 0.5) is 0 Å². The van der Waals surface area contributed by atoms with Crippen LogP contribution in [0, 0.1) is 0 Å². The van der Waals surface area contributed by atoms with Gasteiger partial charge in [-0.05, 0) is 36.4 Å². The Bertz CT molecular complexity index is 1470. The normalized spacial score (nSPS) is 20.0. The zero-order valence-corrected chi connectivity index (χ0v) is 24.2. The molecule has 1 N–H and O–H groups in total. The second-order valence-electron chi connectivity index (χ2n) is 9.27. The number of amides is 2. The van der Waals surface area contributed by atoms with Gasteiger partial charge in [0.2, 0.25) is 5.91 Å². The third-order valence-electron chi connectivity index (χ3n) is 6.87. The molecule has 5 rings (SSSR count). The molecular weight excluding hydrogens is 580 g/mol. The van der Waals surface area contributed by atoms with Crippen LogP contribution in [0.25, 0.3) is 0 Å². The van der Waals surface area contributed by atoms with Gasteiger partial charge in [0.1, 0.15) is 15.7 Å². The van der Waals surface area contributed by atoms with E-state index in [1.54, 1.807) is 33.4 Å². The topological polar surface area (TPSA) is 111 Å². The van der Waals surface area contributed by atoms with Gasteiger partial charge in [-0.25, -0.2) is 13.4 Å². The van der Waals surface area contributed by atoms with E-state index in [1.807, 2.05) is 18.2 Å². The molecule has 9 nitrogen and oxygen atoms in total. The number of piperazine rings is 1. The molecule has 2 saturated heterocycles. The Hall–Kier alpha value is -2.80. The minimum Gasteiger partial charge on any atom is -0.504 e. The minimum atomic E-state index is -3.53. The van der Waals surface area contributed by atoms with Crippen molar-refractivity contribution in [1.82, 2.24) is 14.7 Å². The van der Waals surface area contributed by atoms with Crippen LogP contribution < -0.4 is 0 Å². The summed E-state index contributed by atoms with van der Waals surface area (Å²) >= 11 is 8.75. The number of rotatable bonds is 8. The summed E-state index contributed by atoms with van der Waals surface area (Å²) in [6, 6.07) is 10.2. The number of aliphatic imine (C=N–C) groups is 1. The molecule has 39 heavy (non-hydrogen) atoms. The minimum absolute atomic E-state index is 0.00402. The maximum absolute atomic E-state index is 13.5. The van der Waals surface area contributed by atoms with Gasteiger partial charge in [-0.3, -0.25) is 9.59 Å². The Morgan fingerprint density at radius 2 is 2.00 bits per heavy atom. The third-order valence-corrected chi connectivity index (χ3v) is 11.5. The number of amidine groups is 1. The average molecular weight is 607 g/mol. The lowest BCUT2D eigenvalue weighted by molar-refractivity contribution is -0.130. The van der Waals surface area contributed by atoms with Crippen LogP contribution in [-0.4, -0.2) is 89.6 Å². The summed E-state index contributed by atoms with van der Waals surface area (Å²) in [5.74, 6) is -0.407. The predicted molar refractivity (Wildman–Crippen MR) is 153 cm³/mol. The number of carbonyl (C=O) groups is 2. The van der Waals surface area contributed by atoms with Crippen LogP contribution in [0.1, 0.15) is 12.8 Å². The fourth-order valence-corrected chi connectivity index (χ4v) is 8.43. The number of nitrogens with zero attached hydrogens (tertiary/aromatic N) is 4. The fourth-order valence-electron chi connectivity index (χ4n) is 4.90. The largest absolute Gasteiger partial charge is 0.504 e. The quantitative estimate of drug-likeness (QED) is 0.455. The summed E-state index contributed by atoms with van der Waals surface area (Å²) < 4.78 is 25.6. The molecule has 0 spiro atoms. The number of benzene rings is 1. The van der Waals surface area contributed by atoms with E-state index in [0.717, 1.165) is 22.7 Å². The van der Waals surface area contributed by atoms with Crippen molar-refractivity contribution in [2.75, 3.05) is 37.7 Å². The molecule has 206 valence electrons. The molecule has 1 aromatic carbocycles. The molecule has 2 amide bonds. The zero-order chi connectivity index (χ0) is 27.7. The summed E-state index contributed by atoms with van der Waals surface area (Å²) in [6.07, 6.45) is 1.44. The molecule has 3 aliphatic heterocycles. The van der Waals surface area contributed by atoms with Crippen LogP contribution in [0.5, 0.6) is 0 Å². The molecule has 0 unspecified atom stereocenters. The molecule has 0 radical (unpaired) electrons. The molecule has 3 aliphatic rings. The van der Waals surface area contributed by atoms with Crippen LogP contribution in [0.3, 0.4) is 0 Å². The van der Waals surface area contributed by atoms with Crippen molar-refractivity contribution in [2.24, 2.45) is 4.99 Å². The van der Waals surface area contributed by atoms with Gasteiger partial charge in [-0.2, -0.15) is 0 Å². The van der Waals surface area contributed by atoms with Crippen LogP contribution in [-0.2, 0) is 19.4 Å². The van der Waals surface area contributed by atoms with Gasteiger partial charge < -0.3 is 19.8 Å². The molecule has 0 aliphatic carbocycles. The van der Waals surface area contributed by atoms with Gasteiger partial charge in [0.05, 0.1) is 22.6 Å². The van der Waals surface area contributed by atoms with E-state index < -0.39 is 15.7 Å². The second kappa shape index (κ2) is 11.4. The van der Waals surface area contributed by atoms with E-state index in [0.29, 0.717) is 30.4 Å². The molecule has 4 heterocycles. The van der Waals surface area contributed by atoms with Crippen LogP contribution in [0.2, 0.25) is 5.02 Å². The maximum atomic E-state index is 13.5. The molecule has 2 aromatic rings. The Morgan fingerprint density at radius 1 is 1.21 bits per heavy atom. The summed E-state index contributed by atoms with van der Waals surface area (Å²) in [6.45, 7) is 4.94. The van der Waals surface area contributed by atoms with Gasteiger partial charge in [0.25, 0.3) is 5.91 Å². The number of aliphatic hydroxyl groups is 1. The number of hydrogen-bond acceptors (Lipinski definition) is 9. The van der Waals surface area contributed by atoms with Crippen molar-refractivity contribution in [3.05, 3.63) is 70.5 Å². The van der Waals surface area contributed by atoms with E-state index in [-0.39, 0.29) is 57.9 Å². The fraction of sp³-hybridized carbons (Fsp3) is 0.346. The summed E-state index contributed by atoms with van der Waals surface area (Å²) in [5, 5.41) is 13.1. The van der Waals surface area contributed by atoms with E-state index in [1.165, 1.54) is 16.7 Å². The number of hydrogen-bond donors (Lipinski definition) is 1. The van der Waals surface area contributed by atoms with E-state index >= 15 is 0 Å². The Balaban J connectivity index is 1.30. The van der Waals surface area contributed by atoms with Crippen molar-refractivity contribution < 1.29 is 23.1 Å². The molecule has 1 atom stereocenters. The molecule has 2 fully saturated rings. The summed E-state index contributed by atoms with van der Waals surface area (Å²) in [7, 11) is -3.53. The van der Waals surface area contributed by atoms with E-state index in [4.69, 9.17) is 11.6 Å². The zero-order valence-electron chi connectivity index (χ0n) is 21.0. The van der Waals surface area contributed by atoms with E-state index in [2.05, 4.69) is 11.6 Å². The van der Waals surface area contributed by atoms with Crippen molar-refractivity contribution in [3.63, 3.8) is 0 Å². The van der Waals surface area contributed by atoms with Crippen molar-refractivity contribution >= 4 is 62.2 Å². The molecule has 13 heteroatoms. The van der Waals surface area contributed by atoms with Gasteiger partial charge in [-0.1, -0.05) is 36.4 Å². The highest BCUT2D eigenvalue weighted by Gasteiger charge is 2.43. The first-order chi connectivity index (χ1) is 18.7. The monoisotopic (exact) mass is 606 g/mol. The van der Waals surface area contributed by atoms with Crippen LogP contribution in [0.15, 0.2) is 79.6 Å². The number of fused-ring (bicyclic) bond motifs is 1. The lowest BCUT2D eigenvalue weighted by Crippen LogP contribution is -2.57. The van der Waals surface area contributed by atoms with Gasteiger partial charge in [-0.15, -0.1) is 23.1 Å². The smallest absolute Gasteiger partial charge is 0.274 e. The molecule has 0 saturated carbocycles. The number of carbonyl (C=O) groups excluding carboxylic acids is 2. The summed E-state index contributed by atoms with van der Waals surface area (Å²) in [4.78, 5) is 36.9. The third kappa shape index (κ3) is 5.60. The SMILES string of the molecule is C=C1N=C([C@@H]2CCCN2C(=O)CSc2ccccc2Cl)N2CCN(CCS(=O)(=O)c3cccs3)C(=O)C2=C1O. The van der Waals surface area contributed by atoms with Crippen molar-refractivity contribution in [2.45, 2.75) is 28.0 Å². The molecule has 0 bridgehead atoms. The van der Waals surface area contributed by atoms with Crippen molar-refractivity contribution in [1.29, 1.82) is 0 Å². The Morgan fingerprint density at radius 3 is 2.74 bits per heavy atom. The maximum Gasteiger partial charge on any atom is 0.274 e. The Kier molecular flexibility index (Phi) is 8.08. The number of halogens is 1. The number of aliphatic hydroxyl groups excluding tert-OH is 1. The first-order valence-corrected chi connectivity index (χ1v) is 16.3. The lowest BCUT2D eigenvalue weighted by Gasteiger charge is -2.42. The average Bonchev–Trinajstić information content (AvgIpc) is 3.63. The molecule has 1 aromatic heterocycles. The number of likely N-dealkylation sites (tertiary alicyclic amines) is 1. The second-order valence-corrected chi connectivity index (χ2v) is 14.0. The van der Waals surface area contributed by atoms with Gasteiger partial charge >= 0.3 is 0 Å². The Labute approximate surface area is 240 Å². The summed E-state index contributed by atoms with van der Waals surface area (Å²) in [5.41, 5.74) is 0.0666. The highest BCUT2D eigenvalue weighted by atomic mass is 35.5. The van der Waals surface area contributed by atoms with Crippen LogP contribution >= 0.6 is 34.7 Å². The predicted octanol–water partition coefficient (Wildman–Crippen LogP) is 3.80.